The summed E-state index contributed by atoms with van der Waals surface area (Å²) in [5.41, 5.74) is 2.25. The van der Waals surface area contributed by atoms with E-state index in [1.807, 2.05) is 0 Å². The van der Waals surface area contributed by atoms with Crippen LogP contribution in [0.3, 0.4) is 0 Å². The van der Waals surface area contributed by atoms with Crippen LogP contribution in [0.5, 0.6) is 0 Å². The van der Waals surface area contributed by atoms with Gasteiger partial charge >= 0.3 is 5.97 Å². The zero-order chi connectivity index (χ0) is 15.4. The van der Waals surface area contributed by atoms with Gasteiger partial charge in [0.05, 0.1) is 5.02 Å². The predicted octanol–water partition coefficient (Wildman–Crippen LogP) is 4.17. The maximum atomic E-state index is 11.0. The first-order chi connectivity index (χ1) is 9.97. The van der Waals surface area contributed by atoms with Gasteiger partial charge in [-0.25, -0.2) is 9.78 Å². The summed E-state index contributed by atoms with van der Waals surface area (Å²) in [6, 6.07) is 11.5. The molecule has 1 heterocycles. The van der Waals surface area contributed by atoms with Crippen molar-refractivity contribution in [2.24, 2.45) is 0 Å². The summed E-state index contributed by atoms with van der Waals surface area (Å²) in [7, 11) is 0. The molecule has 2 aromatic rings. The van der Waals surface area contributed by atoms with Crippen molar-refractivity contribution in [3.63, 3.8) is 0 Å². The first-order valence-electron chi connectivity index (χ1n) is 6.70. The van der Waals surface area contributed by atoms with Gasteiger partial charge in [0.2, 0.25) is 0 Å². The Morgan fingerprint density at radius 3 is 2.48 bits per heavy atom. The maximum absolute atomic E-state index is 11.0. The molecule has 0 saturated carbocycles. The molecule has 0 aliphatic rings. The molecule has 1 aromatic heterocycles. The highest BCUT2D eigenvalue weighted by Crippen LogP contribution is 2.18. The molecule has 2 rings (SSSR count). The molecule has 0 amide bonds. The van der Waals surface area contributed by atoms with Gasteiger partial charge in [-0.3, -0.25) is 0 Å². The van der Waals surface area contributed by atoms with E-state index in [0.29, 0.717) is 18.3 Å². The van der Waals surface area contributed by atoms with Crippen molar-refractivity contribution < 1.29 is 9.90 Å². The lowest BCUT2D eigenvalue weighted by molar-refractivity contribution is 0.0691. The molecule has 0 aliphatic heterocycles. The lowest BCUT2D eigenvalue weighted by Crippen LogP contribution is -2.06. The van der Waals surface area contributed by atoms with E-state index in [1.54, 1.807) is 6.07 Å². The number of halogens is 1. The van der Waals surface area contributed by atoms with Crippen LogP contribution in [0.1, 0.15) is 41.4 Å². The molecule has 0 aliphatic carbocycles. The van der Waals surface area contributed by atoms with E-state index in [0.717, 1.165) is 5.56 Å². The van der Waals surface area contributed by atoms with Crippen LogP contribution < -0.4 is 5.32 Å². The fourth-order valence-corrected chi connectivity index (χ4v) is 2.09. The van der Waals surface area contributed by atoms with Crippen LogP contribution in [-0.2, 0) is 6.54 Å². The van der Waals surface area contributed by atoms with Crippen molar-refractivity contribution in [1.82, 2.24) is 4.98 Å². The average Bonchev–Trinajstić information content (AvgIpc) is 2.46. The van der Waals surface area contributed by atoms with Crippen molar-refractivity contribution in [2.75, 3.05) is 5.32 Å². The minimum atomic E-state index is -1.13. The maximum Gasteiger partial charge on any atom is 0.356 e. The number of aromatic carboxylic acids is 1. The number of anilines is 1. The zero-order valence-corrected chi connectivity index (χ0v) is 12.7. The monoisotopic (exact) mass is 304 g/mol. The van der Waals surface area contributed by atoms with Gasteiger partial charge < -0.3 is 10.4 Å². The first kappa shape index (κ1) is 15.3. The van der Waals surface area contributed by atoms with E-state index in [2.05, 4.69) is 48.4 Å². The normalized spacial score (nSPS) is 10.7. The predicted molar refractivity (Wildman–Crippen MR) is 84.1 cm³/mol. The number of aromatic nitrogens is 1. The summed E-state index contributed by atoms with van der Waals surface area (Å²) < 4.78 is 0. The number of rotatable bonds is 5. The lowest BCUT2D eigenvalue weighted by Gasteiger charge is -2.09. The number of pyridine rings is 1. The third-order valence-electron chi connectivity index (χ3n) is 3.17. The molecule has 0 radical (unpaired) electrons. The van der Waals surface area contributed by atoms with E-state index < -0.39 is 5.97 Å². The van der Waals surface area contributed by atoms with Gasteiger partial charge in [-0.1, -0.05) is 49.7 Å². The summed E-state index contributed by atoms with van der Waals surface area (Å²) in [4.78, 5) is 15.0. The Kier molecular flexibility index (Phi) is 4.81. The molecule has 5 heteroatoms. The largest absolute Gasteiger partial charge is 0.476 e. The summed E-state index contributed by atoms with van der Waals surface area (Å²) in [6.07, 6.45) is 0. The SMILES string of the molecule is CC(C)c1ccc(CNc2ccc(Cl)c(C(=O)O)n2)cc1. The van der Waals surface area contributed by atoms with Gasteiger partial charge in [0, 0.05) is 6.54 Å². The van der Waals surface area contributed by atoms with Crippen molar-refractivity contribution in [3.8, 4) is 0 Å². The van der Waals surface area contributed by atoms with Crippen LogP contribution in [0.2, 0.25) is 5.02 Å². The van der Waals surface area contributed by atoms with Crippen LogP contribution in [0.25, 0.3) is 0 Å². The van der Waals surface area contributed by atoms with Crippen molar-refractivity contribution in [2.45, 2.75) is 26.3 Å². The topological polar surface area (TPSA) is 62.2 Å². The quantitative estimate of drug-likeness (QED) is 0.870. The van der Waals surface area contributed by atoms with E-state index in [1.165, 1.54) is 11.6 Å². The molecule has 4 nitrogen and oxygen atoms in total. The third-order valence-corrected chi connectivity index (χ3v) is 3.47. The van der Waals surface area contributed by atoms with Gasteiger partial charge in [0.25, 0.3) is 0 Å². The smallest absolute Gasteiger partial charge is 0.356 e. The highest BCUT2D eigenvalue weighted by Gasteiger charge is 2.11. The Hall–Kier alpha value is -2.07. The molecule has 0 atom stereocenters. The van der Waals surface area contributed by atoms with Crippen molar-refractivity contribution in [3.05, 3.63) is 58.2 Å². The second kappa shape index (κ2) is 6.59. The highest BCUT2D eigenvalue weighted by molar-refractivity contribution is 6.33. The third kappa shape index (κ3) is 3.95. The van der Waals surface area contributed by atoms with Crippen LogP contribution >= 0.6 is 11.6 Å². The minimum absolute atomic E-state index is 0.134. The second-order valence-electron chi connectivity index (χ2n) is 5.08. The Morgan fingerprint density at radius 2 is 1.90 bits per heavy atom. The molecule has 110 valence electrons. The molecule has 0 spiro atoms. The van der Waals surface area contributed by atoms with Crippen LogP contribution in [0.15, 0.2) is 36.4 Å². The average molecular weight is 305 g/mol. The molecular weight excluding hydrogens is 288 g/mol. The van der Waals surface area contributed by atoms with E-state index >= 15 is 0 Å². The summed E-state index contributed by atoms with van der Waals surface area (Å²) in [5, 5.41) is 12.2. The van der Waals surface area contributed by atoms with Gasteiger partial charge in [-0.05, 0) is 29.2 Å². The summed E-state index contributed by atoms with van der Waals surface area (Å²) in [5.74, 6) is -0.141. The number of nitrogens with one attached hydrogen (secondary N) is 1. The van der Waals surface area contributed by atoms with Crippen molar-refractivity contribution >= 4 is 23.4 Å². The second-order valence-corrected chi connectivity index (χ2v) is 5.49. The Morgan fingerprint density at radius 1 is 1.24 bits per heavy atom. The lowest BCUT2D eigenvalue weighted by atomic mass is 10.0. The van der Waals surface area contributed by atoms with Gasteiger partial charge in [0.15, 0.2) is 5.69 Å². The van der Waals surface area contributed by atoms with Gasteiger partial charge in [-0.2, -0.15) is 0 Å². The standard InChI is InChI=1S/C16H17ClN2O2/c1-10(2)12-5-3-11(4-6-12)9-18-14-8-7-13(17)15(19-14)16(20)21/h3-8,10H,9H2,1-2H3,(H,18,19)(H,20,21). The molecular formula is C16H17ClN2O2. The molecule has 1 aromatic carbocycles. The van der Waals surface area contributed by atoms with Gasteiger partial charge in [0.1, 0.15) is 5.82 Å². The highest BCUT2D eigenvalue weighted by atomic mass is 35.5. The van der Waals surface area contributed by atoms with Crippen molar-refractivity contribution in [1.29, 1.82) is 0 Å². The van der Waals surface area contributed by atoms with Crippen LogP contribution in [-0.4, -0.2) is 16.1 Å². The van der Waals surface area contributed by atoms with E-state index in [4.69, 9.17) is 16.7 Å². The molecule has 2 N–H and O–H groups in total. The number of carboxylic acid groups (broad SMARTS) is 1. The van der Waals surface area contributed by atoms with Crippen LogP contribution in [0, 0.1) is 0 Å². The first-order valence-corrected chi connectivity index (χ1v) is 7.07. The number of nitrogens with zero attached hydrogens (tertiary/aromatic N) is 1. The number of hydrogen-bond donors (Lipinski definition) is 2. The Labute approximate surface area is 128 Å². The number of benzene rings is 1. The summed E-state index contributed by atoms with van der Waals surface area (Å²) >= 11 is 5.78. The molecule has 0 saturated heterocycles. The number of hydrogen-bond acceptors (Lipinski definition) is 3. The fourth-order valence-electron chi connectivity index (χ4n) is 1.90. The summed E-state index contributed by atoms with van der Waals surface area (Å²) in [6.45, 7) is 4.88. The van der Waals surface area contributed by atoms with E-state index in [-0.39, 0.29) is 10.7 Å². The number of carbonyl (C=O) groups is 1. The number of carboxylic acids is 1. The zero-order valence-electron chi connectivity index (χ0n) is 11.9. The van der Waals surface area contributed by atoms with Gasteiger partial charge in [-0.15, -0.1) is 0 Å². The fraction of sp³-hybridized carbons (Fsp3) is 0.250. The Bertz CT molecular complexity index is 639. The molecule has 0 bridgehead atoms. The molecule has 0 fully saturated rings. The Balaban J connectivity index is 2.06. The van der Waals surface area contributed by atoms with Crippen LogP contribution in [0.4, 0.5) is 5.82 Å². The molecule has 0 unspecified atom stereocenters. The minimum Gasteiger partial charge on any atom is -0.476 e. The van der Waals surface area contributed by atoms with E-state index in [9.17, 15) is 4.79 Å². The molecule has 21 heavy (non-hydrogen) atoms.